The number of rotatable bonds is 10. The topological polar surface area (TPSA) is 66.5 Å². The van der Waals surface area contributed by atoms with E-state index >= 15 is 0 Å². The van der Waals surface area contributed by atoms with Crippen molar-refractivity contribution >= 4 is 5.91 Å². The average molecular weight is 430 g/mol. The molecule has 7 nitrogen and oxygen atoms in total. The fourth-order valence-electron chi connectivity index (χ4n) is 3.45. The van der Waals surface area contributed by atoms with Gasteiger partial charge >= 0.3 is 0 Å². The number of amides is 1. The number of para-hydroxylation sites is 2. The van der Waals surface area contributed by atoms with Gasteiger partial charge in [0.05, 0.1) is 26.4 Å². The lowest BCUT2D eigenvalue weighted by Crippen LogP contribution is -2.43. The van der Waals surface area contributed by atoms with Crippen LogP contribution in [0.1, 0.15) is 38.1 Å². The van der Waals surface area contributed by atoms with Crippen molar-refractivity contribution in [1.82, 2.24) is 4.90 Å². The van der Waals surface area contributed by atoms with Gasteiger partial charge in [0, 0.05) is 12.1 Å². The highest BCUT2D eigenvalue weighted by Crippen LogP contribution is 2.39. The van der Waals surface area contributed by atoms with E-state index in [2.05, 4.69) is 0 Å². The van der Waals surface area contributed by atoms with Crippen molar-refractivity contribution < 1.29 is 28.5 Å². The molecule has 3 rings (SSSR count). The molecule has 168 valence electrons. The summed E-state index contributed by atoms with van der Waals surface area (Å²) in [5.74, 6) is 2.81. The molecule has 1 aliphatic heterocycles. The van der Waals surface area contributed by atoms with Crippen LogP contribution >= 0.6 is 0 Å². The molecule has 7 heteroatoms. The molecule has 0 saturated heterocycles. The van der Waals surface area contributed by atoms with Crippen LogP contribution in [0.4, 0.5) is 0 Å². The lowest BCUT2D eigenvalue weighted by molar-refractivity contribution is 0.0474. The number of carbonyl (C=O) groups is 1. The van der Waals surface area contributed by atoms with Crippen molar-refractivity contribution in [2.24, 2.45) is 0 Å². The van der Waals surface area contributed by atoms with Crippen molar-refractivity contribution in [2.45, 2.75) is 33.8 Å². The van der Waals surface area contributed by atoms with E-state index in [1.54, 1.807) is 17.0 Å². The van der Waals surface area contributed by atoms with Gasteiger partial charge in [-0.15, -0.1) is 0 Å². The maximum absolute atomic E-state index is 13.4. The maximum atomic E-state index is 13.4. The Hall–Kier alpha value is -3.09. The number of fused-ring (bicyclic) bond motifs is 1. The summed E-state index contributed by atoms with van der Waals surface area (Å²) >= 11 is 0. The van der Waals surface area contributed by atoms with E-state index in [0.29, 0.717) is 68.1 Å². The molecule has 0 radical (unpaired) electrons. The predicted molar refractivity (Wildman–Crippen MR) is 118 cm³/mol. The van der Waals surface area contributed by atoms with Gasteiger partial charge in [-0.25, -0.2) is 0 Å². The molecular formula is C24H31NO6. The SMILES string of the molecule is CCOc1cc(C(=O)N(CC)C[C@@H]2COc3ccccc3O2)cc(OCC)c1OCC. The van der Waals surface area contributed by atoms with E-state index in [-0.39, 0.29) is 12.0 Å². The third-order valence-corrected chi connectivity index (χ3v) is 4.82. The molecule has 1 heterocycles. The van der Waals surface area contributed by atoms with Crippen LogP contribution < -0.4 is 23.7 Å². The van der Waals surface area contributed by atoms with E-state index in [1.807, 2.05) is 52.0 Å². The predicted octanol–water partition coefficient (Wildman–Crippen LogP) is 4.18. The summed E-state index contributed by atoms with van der Waals surface area (Å²) in [5.41, 5.74) is 0.481. The van der Waals surface area contributed by atoms with Crippen molar-refractivity contribution in [3.05, 3.63) is 42.0 Å². The number of likely N-dealkylation sites (N-methyl/N-ethyl adjacent to an activating group) is 1. The minimum absolute atomic E-state index is 0.130. The van der Waals surface area contributed by atoms with Crippen LogP contribution in [0.25, 0.3) is 0 Å². The molecular weight excluding hydrogens is 398 g/mol. The van der Waals surface area contributed by atoms with Gasteiger partial charge in [0.1, 0.15) is 6.61 Å². The molecule has 1 amide bonds. The number of hydrogen-bond donors (Lipinski definition) is 0. The van der Waals surface area contributed by atoms with Gasteiger partial charge in [0.15, 0.2) is 29.1 Å². The van der Waals surface area contributed by atoms with Gasteiger partial charge in [-0.2, -0.15) is 0 Å². The lowest BCUT2D eigenvalue weighted by Gasteiger charge is -2.31. The highest BCUT2D eigenvalue weighted by atomic mass is 16.6. The molecule has 0 saturated carbocycles. The van der Waals surface area contributed by atoms with Gasteiger partial charge in [-0.1, -0.05) is 12.1 Å². The third kappa shape index (κ3) is 5.34. The van der Waals surface area contributed by atoms with Gasteiger partial charge in [-0.3, -0.25) is 4.79 Å². The van der Waals surface area contributed by atoms with Crippen molar-refractivity contribution in [2.75, 3.05) is 39.5 Å². The van der Waals surface area contributed by atoms with Gasteiger partial charge < -0.3 is 28.6 Å². The van der Waals surface area contributed by atoms with E-state index in [9.17, 15) is 4.79 Å². The second-order valence-corrected chi connectivity index (χ2v) is 6.94. The normalized spacial score (nSPS) is 14.6. The fraction of sp³-hybridized carbons (Fsp3) is 0.458. The standard InChI is InChI=1S/C24H31NO6/c1-5-25(15-18-16-30-19-11-9-10-12-20(19)31-18)24(26)17-13-21(27-6-2)23(29-8-4)22(14-17)28-7-3/h9-14,18H,5-8,15-16H2,1-4H3/t18-/m1/s1. The Labute approximate surface area is 183 Å². The maximum Gasteiger partial charge on any atom is 0.254 e. The van der Waals surface area contributed by atoms with Crippen LogP contribution in [-0.2, 0) is 0 Å². The van der Waals surface area contributed by atoms with Crippen LogP contribution in [-0.4, -0.2) is 56.4 Å². The number of hydrogen-bond acceptors (Lipinski definition) is 6. The molecule has 2 aromatic carbocycles. The quantitative estimate of drug-likeness (QED) is 0.564. The Morgan fingerprint density at radius 1 is 0.968 bits per heavy atom. The first kappa shape index (κ1) is 22.6. The zero-order chi connectivity index (χ0) is 22.2. The summed E-state index contributed by atoms with van der Waals surface area (Å²) in [5, 5.41) is 0. The minimum Gasteiger partial charge on any atom is -0.490 e. The monoisotopic (exact) mass is 429 g/mol. The second kappa shape index (κ2) is 10.8. The molecule has 0 N–H and O–H groups in total. The molecule has 0 unspecified atom stereocenters. The summed E-state index contributed by atoms with van der Waals surface area (Å²) in [6.07, 6.45) is -0.251. The minimum atomic E-state index is -0.251. The second-order valence-electron chi connectivity index (χ2n) is 6.94. The van der Waals surface area contributed by atoms with E-state index < -0.39 is 0 Å². The highest BCUT2D eigenvalue weighted by molar-refractivity contribution is 5.95. The Balaban J connectivity index is 1.82. The Morgan fingerprint density at radius 3 is 2.16 bits per heavy atom. The van der Waals surface area contributed by atoms with Crippen LogP contribution in [0, 0.1) is 0 Å². The summed E-state index contributed by atoms with van der Waals surface area (Å²) < 4.78 is 29.1. The summed E-state index contributed by atoms with van der Waals surface area (Å²) in [6.45, 7) is 10.3. The van der Waals surface area contributed by atoms with E-state index in [0.717, 1.165) is 5.75 Å². The number of benzene rings is 2. The van der Waals surface area contributed by atoms with Gasteiger partial charge in [0.25, 0.3) is 5.91 Å². The third-order valence-electron chi connectivity index (χ3n) is 4.82. The number of ether oxygens (including phenoxy) is 5. The first-order valence-corrected chi connectivity index (χ1v) is 10.8. The Bertz CT molecular complexity index is 857. The Kier molecular flexibility index (Phi) is 7.87. The van der Waals surface area contributed by atoms with Crippen molar-refractivity contribution in [3.63, 3.8) is 0 Å². The molecule has 1 aliphatic rings. The van der Waals surface area contributed by atoms with Crippen LogP contribution in [0.2, 0.25) is 0 Å². The van der Waals surface area contributed by atoms with E-state index in [1.165, 1.54) is 0 Å². The average Bonchev–Trinajstić information content (AvgIpc) is 2.79. The smallest absolute Gasteiger partial charge is 0.254 e. The summed E-state index contributed by atoms with van der Waals surface area (Å²) in [7, 11) is 0. The molecule has 0 bridgehead atoms. The number of nitrogens with zero attached hydrogens (tertiary/aromatic N) is 1. The van der Waals surface area contributed by atoms with Crippen molar-refractivity contribution in [3.8, 4) is 28.7 Å². The van der Waals surface area contributed by atoms with Crippen molar-refractivity contribution in [1.29, 1.82) is 0 Å². The lowest BCUT2D eigenvalue weighted by atomic mass is 10.1. The molecule has 2 aromatic rings. The van der Waals surface area contributed by atoms with Gasteiger partial charge in [0.2, 0.25) is 5.75 Å². The zero-order valence-corrected chi connectivity index (χ0v) is 18.7. The molecule has 0 spiro atoms. The summed E-state index contributed by atoms with van der Waals surface area (Å²) in [6, 6.07) is 11.0. The fourth-order valence-corrected chi connectivity index (χ4v) is 3.45. The van der Waals surface area contributed by atoms with E-state index in [4.69, 9.17) is 23.7 Å². The largest absolute Gasteiger partial charge is 0.490 e. The molecule has 1 atom stereocenters. The summed E-state index contributed by atoms with van der Waals surface area (Å²) in [4.78, 5) is 15.1. The molecule has 31 heavy (non-hydrogen) atoms. The molecule has 0 fully saturated rings. The van der Waals surface area contributed by atoms with Crippen LogP contribution in [0.5, 0.6) is 28.7 Å². The first-order valence-electron chi connectivity index (χ1n) is 10.8. The Morgan fingerprint density at radius 2 is 1.58 bits per heavy atom. The van der Waals surface area contributed by atoms with Crippen LogP contribution in [0.3, 0.4) is 0 Å². The first-order chi connectivity index (χ1) is 15.1. The molecule has 0 aromatic heterocycles. The highest BCUT2D eigenvalue weighted by Gasteiger charge is 2.27. The zero-order valence-electron chi connectivity index (χ0n) is 18.7. The number of carbonyl (C=O) groups excluding carboxylic acids is 1. The molecule has 0 aliphatic carbocycles. The van der Waals surface area contributed by atoms with Gasteiger partial charge in [-0.05, 0) is 52.0 Å². The van der Waals surface area contributed by atoms with Crippen LogP contribution in [0.15, 0.2) is 36.4 Å².